The molecule has 1 atom stereocenters. The Hall–Kier alpha value is -3.82. The van der Waals surface area contributed by atoms with Crippen LogP contribution >= 0.6 is 11.8 Å². The molecule has 1 unspecified atom stereocenters. The third-order valence-corrected chi connectivity index (χ3v) is 8.94. The highest BCUT2D eigenvalue weighted by Crippen LogP contribution is 2.44. The first kappa shape index (κ1) is 29.7. The fraction of sp³-hybridized carbons (Fsp3) is 0.364. The molecule has 2 aliphatic rings. The Morgan fingerprint density at radius 2 is 1.55 bits per heavy atom. The fourth-order valence-corrected chi connectivity index (χ4v) is 6.43. The molecule has 220 valence electrons. The van der Waals surface area contributed by atoms with E-state index in [-0.39, 0.29) is 12.5 Å². The maximum absolute atomic E-state index is 13.7. The number of likely N-dealkylation sites (tertiary alicyclic amines) is 1. The van der Waals surface area contributed by atoms with Crippen LogP contribution in [0.15, 0.2) is 78.9 Å². The smallest absolute Gasteiger partial charge is 0.408 e. The first-order valence-electron chi connectivity index (χ1n) is 14.3. The number of carboxylic acids is 1. The van der Waals surface area contributed by atoms with Gasteiger partial charge in [0.25, 0.3) is 0 Å². The molecule has 1 fully saturated rings. The summed E-state index contributed by atoms with van der Waals surface area (Å²) < 4.78 is 5.79. The van der Waals surface area contributed by atoms with Crippen LogP contribution in [0.5, 0.6) is 0 Å². The van der Waals surface area contributed by atoms with Crippen molar-refractivity contribution in [3.05, 3.63) is 95.6 Å². The number of carboxylic acid groups (broad SMARTS) is 1. The minimum atomic E-state index is -1.27. The number of benzene rings is 3. The molecule has 1 saturated heterocycles. The highest BCUT2D eigenvalue weighted by atomic mass is 32.2. The largest absolute Gasteiger partial charge is 0.480 e. The van der Waals surface area contributed by atoms with Crippen LogP contribution in [0.1, 0.15) is 41.9 Å². The zero-order valence-electron chi connectivity index (χ0n) is 23.8. The number of thioether (sulfide) groups is 1. The molecule has 2 amide bonds. The van der Waals surface area contributed by atoms with Gasteiger partial charge in [0.15, 0.2) is 0 Å². The van der Waals surface area contributed by atoms with Gasteiger partial charge >= 0.3 is 12.1 Å². The predicted octanol–water partition coefficient (Wildman–Crippen LogP) is 4.88. The molecule has 5 rings (SSSR count). The number of hydrogen-bond acceptors (Lipinski definition) is 6. The van der Waals surface area contributed by atoms with Gasteiger partial charge in [-0.3, -0.25) is 9.69 Å². The Morgan fingerprint density at radius 1 is 0.952 bits per heavy atom. The van der Waals surface area contributed by atoms with E-state index in [1.54, 1.807) is 0 Å². The number of nitrogens with zero attached hydrogens (tertiary/aromatic N) is 1. The number of carbonyl (C=O) groups is 3. The number of hydrogen-bond donors (Lipinski definition) is 3. The van der Waals surface area contributed by atoms with E-state index in [1.165, 1.54) is 17.3 Å². The minimum absolute atomic E-state index is 0.108. The molecule has 8 nitrogen and oxygen atoms in total. The van der Waals surface area contributed by atoms with E-state index < -0.39 is 29.6 Å². The maximum Gasteiger partial charge on any atom is 0.408 e. The van der Waals surface area contributed by atoms with Gasteiger partial charge in [-0.05, 0) is 59.1 Å². The Labute approximate surface area is 250 Å². The molecule has 0 spiro atoms. The van der Waals surface area contributed by atoms with Crippen molar-refractivity contribution in [1.29, 1.82) is 0 Å². The minimum Gasteiger partial charge on any atom is -0.480 e. The van der Waals surface area contributed by atoms with Crippen molar-refractivity contribution in [2.75, 3.05) is 31.7 Å². The molecule has 0 radical (unpaired) electrons. The van der Waals surface area contributed by atoms with Crippen molar-refractivity contribution in [2.24, 2.45) is 0 Å². The first-order valence-corrected chi connectivity index (χ1v) is 15.7. The van der Waals surface area contributed by atoms with Crippen LogP contribution in [0.3, 0.4) is 0 Å². The Bertz CT molecular complexity index is 1360. The second-order valence-corrected chi connectivity index (χ2v) is 11.9. The molecular formula is C33H37N3O5S. The average Bonchev–Trinajstić information content (AvgIpc) is 3.33. The van der Waals surface area contributed by atoms with Crippen molar-refractivity contribution in [1.82, 2.24) is 15.5 Å². The summed E-state index contributed by atoms with van der Waals surface area (Å²) in [4.78, 5) is 41.2. The molecule has 9 heteroatoms. The van der Waals surface area contributed by atoms with Gasteiger partial charge in [0.1, 0.15) is 18.2 Å². The van der Waals surface area contributed by atoms with Crippen molar-refractivity contribution in [3.8, 4) is 11.1 Å². The molecule has 3 N–H and O–H groups in total. The molecule has 42 heavy (non-hydrogen) atoms. The first-order chi connectivity index (χ1) is 20.4. The zero-order valence-corrected chi connectivity index (χ0v) is 24.6. The standard InChI is InChI=1S/C33H37N3O5S/c1-42-20-15-29(30(37)38)34-31(39)33(16-18-36(19-17-33)21-23-9-3-2-4-10-23)35-32(40)41-22-28-26-13-7-5-11-24(26)25-12-6-8-14-27(25)28/h2-14,28-29H,15-22H2,1H3,(H,34,39)(H,35,40)(H,37,38). The quantitative estimate of drug-likeness (QED) is 0.293. The summed E-state index contributed by atoms with van der Waals surface area (Å²) in [6, 6.07) is 25.3. The maximum atomic E-state index is 13.7. The van der Waals surface area contributed by atoms with Gasteiger partial charge in [-0.2, -0.15) is 11.8 Å². The second kappa shape index (κ2) is 13.4. The lowest BCUT2D eigenvalue weighted by molar-refractivity contribution is -0.143. The number of nitrogens with one attached hydrogen (secondary N) is 2. The summed E-state index contributed by atoms with van der Waals surface area (Å²) in [5.74, 6) is -1.09. The van der Waals surface area contributed by atoms with Crippen molar-refractivity contribution in [3.63, 3.8) is 0 Å². The van der Waals surface area contributed by atoms with Crippen molar-refractivity contribution in [2.45, 2.75) is 43.3 Å². The molecule has 1 heterocycles. The number of carbonyl (C=O) groups excluding carboxylic acids is 2. The van der Waals surface area contributed by atoms with Crippen LogP contribution in [-0.2, 0) is 20.9 Å². The summed E-state index contributed by atoms with van der Waals surface area (Å²) in [5.41, 5.74) is 4.37. The summed E-state index contributed by atoms with van der Waals surface area (Å²) in [6.07, 6.45) is 2.18. The normalized spacial score (nSPS) is 16.6. The summed E-state index contributed by atoms with van der Waals surface area (Å²) >= 11 is 1.52. The van der Waals surface area contributed by atoms with Gasteiger partial charge in [0, 0.05) is 25.6 Å². The van der Waals surface area contributed by atoms with E-state index in [1.807, 2.05) is 48.7 Å². The molecule has 1 aliphatic heterocycles. The second-order valence-electron chi connectivity index (χ2n) is 10.9. The zero-order chi connectivity index (χ0) is 29.5. The summed E-state index contributed by atoms with van der Waals surface area (Å²) in [7, 11) is 0. The van der Waals surface area contributed by atoms with Crippen LogP contribution in [0.25, 0.3) is 11.1 Å². The Balaban J connectivity index is 1.29. The summed E-state index contributed by atoms with van der Waals surface area (Å²) in [5, 5.41) is 15.3. The molecule has 0 aromatic heterocycles. The van der Waals surface area contributed by atoms with Crippen LogP contribution < -0.4 is 10.6 Å². The molecule has 0 saturated carbocycles. The van der Waals surface area contributed by atoms with Crippen molar-refractivity contribution < 1.29 is 24.2 Å². The Morgan fingerprint density at radius 3 is 2.14 bits per heavy atom. The highest BCUT2D eigenvalue weighted by Gasteiger charge is 2.44. The number of rotatable bonds is 11. The van der Waals surface area contributed by atoms with Crippen LogP contribution in [-0.4, -0.2) is 71.3 Å². The number of ether oxygens (including phenoxy) is 1. The number of alkyl carbamates (subject to hydrolysis) is 1. The monoisotopic (exact) mass is 587 g/mol. The van der Waals surface area contributed by atoms with Gasteiger partial charge in [-0.15, -0.1) is 0 Å². The van der Waals surface area contributed by atoms with E-state index >= 15 is 0 Å². The Kier molecular flexibility index (Phi) is 9.49. The third kappa shape index (κ3) is 6.63. The number of fused-ring (bicyclic) bond motifs is 3. The van der Waals surface area contributed by atoms with E-state index in [0.29, 0.717) is 38.1 Å². The fourth-order valence-electron chi connectivity index (χ4n) is 5.96. The third-order valence-electron chi connectivity index (χ3n) is 8.29. The topological polar surface area (TPSA) is 108 Å². The molecule has 3 aromatic carbocycles. The molecular weight excluding hydrogens is 550 g/mol. The van der Waals surface area contributed by atoms with Gasteiger partial charge in [0.05, 0.1) is 0 Å². The van der Waals surface area contributed by atoms with Gasteiger partial charge in [-0.1, -0.05) is 78.9 Å². The number of amides is 2. The van der Waals surface area contributed by atoms with Gasteiger partial charge in [-0.25, -0.2) is 9.59 Å². The van der Waals surface area contributed by atoms with Gasteiger partial charge in [0.2, 0.25) is 5.91 Å². The summed E-state index contributed by atoms with van der Waals surface area (Å²) in [6.45, 7) is 1.99. The highest BCUT2D eigenvalue weighted by molar-refractivity contribution is 7.98. The van der Waals surface area contributed by atoms with Crippen LogP contribution in [0, 0.1) is 0 Å². The van der Waals surface area contributed by atoms with E-state index in [9.17, 15) is 19.5 Å². The SMILES string of the molecule is CSCCC(NC(=O)C1(NC(=O)OCC2c3ccccc3-c3ccccc32)CCN(Cc2ccccc2)CC1)C(=O)O. The molecule has 0 bridgehead atoms. The van der Waals surface area contributed by atoms with Crippen LogP contribution in [0.4, 0.5) is 4.79 Å². The number of piperidine rings is 1. The lowest BCUT2D eigenvalue weighted by Crippen LogP contribution is -2.65. The predicted molar refractivity (Wildman–Crippen MR) is 164 cm³/mol. The van der Waals surface area contributed by atoms with Crippen molar-refractivity contribution >= 4 is 29.7 Å². The van der Waals surface area contributed by atoms with E-state index in [0.717, 1.165) is 28.8 Å². The van der Waals surface area contributed by atoms with Gasteiger partial charge < -0.3 is 20.5 Å². The lowest BCUT2D eigenvalue weighted by atomic mass is 9.86. The lowest BCUT2D eigenvalue weighted by Gasteiger charge is -2.41. The van der Waals surface area contributed by atoms with E-state index in [2.05, 4.69) is 51.9 Å². The molecule has 3 aromatic rings. The average molecular weight is 588 g/mol. The molecule has 1 aliphatic carbocycles. The van der Waals surface area contributed by atoms with Crippen LogP contribution in [0.2, 0.25) is 0 Å². The number of aliphatic carboxylic acids is 1. The van der Waals surface area contributed by atoms with E-state index in [4.69, 9.17) is 4.74 Å².